The molecule has 0 aliphatic carbocycles. The Morgan fingerprint density at radius 3 is 0.868 bits per heavy atom. The minimum Gasteiger partial charge on any atom is -0.465 e. The lowest BCUT2D eigenvalue weighted by atomic mass is 9.90. The highest BCUT2D eigenvalue weighted by atomic mass is 16.6. The summed E-state index contributed by atoms with van der Waals surface area (Å²) in [6.45, 7) is 27.8. The van der Waals surface area contributed by atoms with Crippen LogP contribution in [0.2, 0.25) is 0 Å². The first-order valence-electron chi connectivity index (χ1n) is 22.4. The Morgan fingerprint density at radius 2 is 0.544 bits per heavy atom. The summed E-state index contributed by atoms with van der Waals surface area (Å²) in [6, 6.07) is 0. The van der Waals surface area contributed by atoms with E-state index in [0.29, 0.717) is 51.4 Å². The molecule has 18 heteroatoms. The fourth-order valence-electron chi connectivity index (χ4n) is 5.18. The Labute approximate surface area is 401 Å². The first-order valence-corrected chi connectivity index (χ1v) is 22.4. The summed E-state index contributed by atoms with van der Waals surface area (Å²) >= 11 is 0. The van der Waals surface area contributed by atoms with E-state index >= 15 is 0 Å². The highest BCUT2D eigenvalue weighted by Gasteiger charge is 2.40. The first kappa shape index (κ1) is 62.1. The van der Waals surface area contributed by atoms with Crippen LogP contribution < -0.4 is 0 Å². The second-order valence-corrected chi connectivity index (χ2v) is 17.0. The molecule has 382 valence electrons. The van der Waals surface area contributed by atoms with Crippen LogP contribution in [0.4, 0.5) is 0 Å². The molecule has 0 aromatic rings. The largest absolute Gasteiger partial charge is 0.465 e. The Bertz CT molecular complexity index is 1760. The molecule has 0 amide bonds. The number of esters is 8. The van der Waals surface area contributed by atoms with Gasteiger partial charge >= 0.3 is 47.8 Å². The normalized spacial score (nSPS) is 11.7. The maximum atomic E-state index is 13.1. The average Bonchev–Trinajstić information content (AvgIpc) is 3.28. The van der Waals surface area contributed by atoms with Gasteiger partial charge in [-0.25, -0.2) is 28.8 Å². The molecule has 0 heterocycles. The van der Waals surface area contributed by atoms with Gasteiger partial charge in [0.1, 0.15) is 33.0 Å². The molecule has 18 nitrogen and oxygen atoms in total. The molecule has 0 spiro atoms. The summed E-state index contributed by atoms with van der Waals surface area (Å²) < 4.78 is 55.8. The number of carbonyl (C=O) groups excluding carboxylic acids is 8. The van der Waals surface area contributed by atoms with Crippen LogP contribution in [-0.2, 0) is 85.7 Å². The summed E-state index contributed by atoms with van der Waals surface area (Å²) in [4.78, 5) is 99.6. The average molecular weight is 963 g/mol. The first-order chi connectivity index (χ1) is 32.0. The predicted molar refractivity (Wildman–Crippen MR) is 249 cm³/mol. The molecule has 1 atom stereocenters. The second-order valence-electron chi connectivity index (χ2n) is 17.0. The van der Waals surface area contributed by atoms with Gasteiger partial charge in [0.05, 0.1) is 50.5 Å². The summed E-state index contributed by atoms with van der Waals surface area (Å²) in [5.74, 6) is -5.10. The molecule has 68 heavy (non-hydrogen) atoms. The van der Waals surface area contributed by atoms with Gasteiger partial charge < -0.3 is 47.4 Å². The van der Waals surface area contributed by atoms with Crippen LogP contribution in [0.15, 0.2) is 72.9 Å². The summed E-state index contributed by atoms with van der Waals surface area (Å²) in [5.41, 5.74) is -1.94. The Morgan fingerprint density at radius 1 is 0.294 bits per heavy atom. The molecule has 0 saturated heterocycles. The van der Waals surface area contributed by atoms with E-state index < -0.39 is 91.6 Å². The lowest BCUT2D eigenvalue weighted by molar-refractivity contribution is -0.171. The molecule has 0 rings (SSSR count). The van der Waals surface area contributed by atoms with Crippen LogP contribution in [0.3, 0.4) is 0 Å². The summed E-state index contributed by atoms with van der Waals surface area (Å²) in [5, 5.41) is 0. The molecular weight excluding hydrogens is 889 g/mol. The maximum Gasteiger partial charge on any atom is 0.333 e. The monoisotopic (exact) mass is 962 g/mol. The molecular formula is C50H74O18. The number of rotatable bonds is 39. The van der Waals surface area contributed by atoms with Gasteiger partial charge in [-0.15, -0.1) is 0 Å². The molecule has 0 aromatic carbocycles. The molecule has 0 saturated carbocycles. The van der Waals surface area contributed by atoms with Crippen molar-refractivity contribution >= 4 is 47.8 Å². The third-order valence-corrected chi connectivity index (χ3v) is 9.36. The van der Waals surface area contributed by atoms with Crippen LogP contribution in [0, 0.1) is 10.8 Å². The lowest BCUT2D eigenvalue weighted by Gasteiger charge is -2.36. The van der Waals surface area contributed by atoms with E-state index in [4.69, 9.17) is 47.4 Å². The lowest BCUT2D eigenvalue weighted by Crippen LogP contribution is -2.47. The molecule has 0 bridgehead atoms. The Kier molecular flexibility index (Phi) is 31.4. The fraction of sp³-hybridized carbons (Fsp3) is 0.600. The van der Waals surface area contributed by atoms with Gasteiger partial charge in [-0.2, -0.15) is 0 Å². The van der Waals surface area contributed by atoms with Crippen molar-refractivity contribution in [1.82, 2.24) is 0 Å². The maximum absolute atomic E-state index is 13.1. The van der Waals surface area contributed by atoms with Gasteiger partial charge in [0.15, 0.2) is 0 Å². The number of ether oxygens (including phenoxy) is 10. The van der Waals surface area contributed by atoms with Crippen molar-refractivity contribution in [2.45, 2.75) is 106 Å². The fourth-order valence-corrected chi connectivity index (χ4v) is 5.18. The third-order valence-electron chi connectivity index (χ3n) is 9.36. The zero-order valence-electron chi connectivity index (χ0n) is 41.1. The highest BCUT2D eigenvalue weighted by Crippen LogP contribution is 2.27. The van der Waals surface area contributed by atoms with Crippen molar-refractivity contribution in [2.24, 2.45) is 10.8 Å². The quantitative estimate of drug-likeness (QED) is 0.0270. The van der Waals surface area contributed by atoms with Gasteiger partial charge in [-0.1, -0.05) is 39.5 Å². The van der Waals surface area contributed by atoms with E-state index in [-0.39, 0.29) is 92.5 Å². The minimum atomic E-state index is -1.54. The van der Waals surface area contributed by atoms with E-state index in [1.165, 1.54) is 41.5 Å². The van der Waals surface area contributed by atoms with Crippen LogP contribution >= 0.6 is 0 Å². The van der Waals surface area contributed by atoms with Crippen molar-refractivity contribution < 1.29 is 85.7 Å². The SMILES string of the molecule is C=C(C)C(=O)OCCCCCC(=O)OCC(COCCCCOC(=O)C(=C)C)(COCC(COC(=O)CCCCCOC(=O)C(=C)C)(COC(=O)C(=C)C)COC(=O)C(=C)C)COC(=O)C(=C)C. The van der Waals surface area contributed by atoms with E-state index in [9.17, 15) is 38.4 Å². The molecule has 0 aromatic heterocycles. The van der Waals surface area contributed by atoms with E-state index in [1.54, 1.807) is 0 Å². The van der Waals surface area contributed by atoms with Gasteiger partial charge in [-0.3, -0.25) is 9.59 Å². The van der Waals surface area contributed by atoms with Crippen LogP contribution in [0.5, 0.6) is 0 Å². The number of hydrogen-bond donors (Lipinski definition) is 0. The highest BCUT2D eigenvalue weighted by molar-refractivity contribution is 5.89. The number of hydrogen-bond acceptors (Lipinski definition) is 18. The van der Waals surface area contributed by atoms with Crippen molar-refractivity contribution in [3.8, 4) is 0 Å². The van der Waals surface area contributed by atoms with Gasteiger partial charge in [0.25, 0.3) is 0 Å². The van der Waals surface area contributed by atoms with E-state index in [1.807, 2.05) is 0 Å². The Balaban J connectivity index is 6.58. The minimum absolute atomic E-state index is 0.000200. The van der Waals surface area contributed by atoms with Gasteiger partial charge in [0.2, 0.25) is 0 Å². The van der Waals surface area contributed by atoms with Crippen LogP contribution in [-0.4, -0.2) is 127 Å². The van der Waals surface area contributed by atoms with Crippen molar-refractivity contribution in [1.29, 1.82) is 0 Å². The van der Waals surface area contributed by atoms with Gasteiger partial charge in [-0.05, 0) is 92.9 Å². The smallest absolute Gasteiger partial charge is 0.333 e. The topological polar surface area (TPSA) is 229 Å². The number of unbranched alkanes of at least 4 members (excludes halogenated alkanes) is 5. The van der Waals surface area contributed by atoms with E-state index in [0.717, 1.165) is 0 Å². The molecule has 0 fully saturated rings. The van der Waals surface area contributed by atoms with Crippen LogP contribution in [0.1, 0.15) is 106 Å². The van der Waals surface area contributed by atoms with E-state index in [2.05, 4.69) is 39.5 Å². The van der Waals surface area contributed by atoms with Crippen molar-refractivity contribution in [2.75, 3.05) is 79.3 Å². The zero-order valence-corrected chi connectivity index (χ0v) is 41.1. The van der Waals surface area contributed by atoms with Gasteiger partial charge in [0, 0.05) is 52.9 Å². The molecule has 1 unspecified atom stereocenters. The van der Waals surface area contributed by atoms with Crippen molar-refractivity contribution in [3.63, 3.8) is 0 Å². The predicted octanol–water partition coefficient (Wildman–Crippen LogP) is 6.70. The molecule has 0 aliphatic rings. The summed E-state index contributed by atoms with van der Waals surface area (Å²) in [7, 11) is 0. The van der Waals surface area contributed by atoms with Crippen molar-refractivity contribution in [3.05, 3.63) is 72.9 Å². The second kappa shape index (κ2) is 34.4. The van der Waals surface area contributed by atoms with Crippen LogP contribution in [0.25, 0.3) is 0 Å². The zero-order chi connectivity index (χ0) is 51.7. The molecule has 0 radical (unpaired) electrons. The third kappa shape index (κ3) is 29.0. The standard InChI is InChI=1S/C50H74O18/c1-35(2)43(53)61-24-17-13-15-21-41(51)64-30-49(32-66-46(56)38(7)8,27-59-23-19-20-26-63-45(55)37(5)6)28-60-29-50(33-67-47(57)39(9)10,34-68-48(58)40(11)12)31-65-42(52)22-16-14-18-25-62-44(54)36(3)4/h1,3,5,7,9,11,13-34H2,2,4,6,8,10,12H3. The number of carbonyl (C=O) groups is 8. The molecule has 0 N–H and O–H groups in total. The Hall–Kier alpha value is -5.88. The molecule has 0 aliphatic heterocycles. The summed E-state index contributed by atoms with van der Waals surface area (Å²) in [6.07, 6.45) is 3.69.